The quantitative estimate of drug-likeness (QED) is 0.341. The van der Waals surface area contributed by atoms with Crippen LogP contribution in [0.4, 0.5) is 33.2 Å². The summed E-state index contributed by atoms with van der Waals surface area (Å²) in [5, 5.41) is 9.21. The van der Waals surface area contributed by atoms with E-state index in [2.05, 4.69) is 25.9 Å². The Balaban J connectivity index is 1.42. The second kappa shape index (κ2) is 9.78. The summed E-state index contributed by atoms with van der Waals surface area (Å²) in [4.78, 5) is 21.2. The highest BCUT2D eigenvalue weighted by molar-refractivity contribution is 6.04. The van der Waals surface area contributed by atoms with Crippen molar-refractivity contribution in [1.82, 2.24) is 9.97 Å². The molecule has 1 amide bonds. The third-order valence-corrected chi connectivity index (χ3v) is 4.72. The standard InChI is InChI=1S/C25H22FN5O2/c1-16-15-23(28-19-11-13-22(33-2)14-12-19)31-25(27-16)30-21-9-7-20(8-10-21)29-24(32)17-3-5-18(26)6-4-17/h3-15H,1-2H3,(H,29,32)(H2,27,28,30,31). The highest BCUT2D eigenvalue weighted by atomic mass is 19.1. The Morgan fingerprint density at radius 1 is 0.818 bits per heavy atom. The molecular weight excluding hydrogens is 421 g/mol. The van der Waals surface area contributed by atoms with Gasteiger partial charge in [0, 0.05) is 34.4 Å². The van der Waals surface area contributed by atoms with Crippen LogP contribution in [0, 0.1) is 12.7 Å². The smallest absolute Gasteiger partial charge is 0.255 e. The average molecular weight is 443 g/mol. The fourth-order valence-electron chi connectivity index (χ4n) is 3.08. The molecule has 0 unspecified atom stereocenters. The molecule has 7 nitrogen and oxygen atoms in total. The number of carbonyl (C=O) groups excluding carboxylic acids is 1. The summed E-state index contributed by atoms with van der Waals surface area (Å²) >= 11 is 0. The number of hydrogen-bond donors (Lipinski definition) is 3. The monoisotopic (exact) mass is 443 g/mol. The molecule has 4 aromatic rings. The molecule has 0 radical (unpaired) electrons. The van der Waals surface area contributed by atoms with Gasteiger partial charge in [-0.1, -0.05) is 0 Å². The largest absolute Gasteiger partial charge is 0.497 e. The number of amides is 1. The summed E-state index contributed by atoms with van der Waals surface area (Å²) in [5.74, 6) is 1.17. The number of aryl methyl sites for hydroxylation is 1. The van der Waals surface area contributed by atoms with Crippen LogP contribution in [0.5, 0.6) is 5.75 Å². The Bertz CT molecular complexity index is 1240. The first-order valence-corrected chi connectivity index (χ1v) is 10.2. The van der Waals surface area contributed by atoms with E-state index >= 15 is 0 Å². The Labute approximate surface area is 190 Å². The second-order valence-corrected chi connectivity index (χ2v) is 7.24. The summed E-state index contributed by atoms with van der Waals surface area (Å²) in [5.41, 5.74) is 3.43. The number of hydrogen-bond acceptors (Lipinski definition) is 6. The van der Waals surface area contributed by atoms with Crippen molar-refractivity contribution in [2.45, 2.75) is 6.92 Å². The van der Waals surface area contributed by atoms with Crippen molar-refractivity contribution in [3.05, 3.63) is 95.9 Å². The molecular formula is C25H22FN5O2. The van der Waals surface area contributed by atoms with Gasteiger partial charge in [-0.15, -0.1) is 0 Å². The highest BCUT2D eigenvalue weighted by Crippen LogP contribution is 2.22. The molecule has 0 bridgehead atoms. The molecule has 0 fully saturated rings. The fraction of sp³-hybridized carbons (Fsp3) is 0.0800. The molecule has 0 spiro atoms. The zero-order chi connectivity index (χ0) is 23.2. The van der Waals surface area contributed by atoms with E-state index in [1.165, 1.54) is 24.3 Å². The lowest BCUT2D eigenvalue weighted by Gasteiger charge is -2.11. The Kier molecular flexibility index (Phi) is 6.45. The van der Waals surface area contributed by atoms with E-state index in [-0.39, 0.29) is 11.7 Å². The van der Waals surface area contributed by atoms with Gasteiger partial charge in [-0.2, -0.15) is 4.98 Å². The van der Waals surface area contributed by atoms with Crippen molar-refractivity contribution >= 4 is 34.7 Å². The summed E-state index contributed by atoms with van der Waals surface area (Å²) in [6, 6.07) is 21.9. The van der Waals surface area contributed by atoms with Gasteiger partial charge in [-0.3, -0.25) is 4.79 Å². The van der Waals surface area contributed by atoms with Gasteiger partial charge in [0.05, 0.1) is 7.11 Å². The van der Waals surface area contributed by atoms with Crippen LogP contribution >= 0.6 is 0 Å². The lowest BCUT2D eigenvalue weighted by Crippen LogP contribution is -2.11. The van der Waals surface area contributed by atoms with E-state index in [1.54, 1.807) is 19.2 Å². The third-order valence-electron chi connectivity index (χ3n) is 4.72. The van der Waals surface area contributed by atoms with Gasteiger partial charge in [0.2, 0.25) is 5.95 Å². The molecule has 166 valence electrons. The van der Waals surface area contributed by atoms with Gasteiger partial charge < -0.3 is 20.7 Å². The van der Waals surface area contributed by atoms with Gasteiger partial charge in [-0.25, -0.2) is 9.37 Å². The number of carbonyl (C=O) groups is 1. The number of methoxy groups -OCH3 is 1. The first-order valence-electron chi connectivity index (χ1n) is 10.2. The van der Waals surface area contributed by atoms with E-state index in [1.807, 2.05) is 49.4 Å². The predicted molar refractivity (Wildman–Crippen MR) is 127 cm³/mol. The fourth-order valence-corrected chi connectivity index (χ4v) is 3.08. The van der Waals surface area contributed by atoms with Crippen molar-refractivity contribution in [1.29, 1.82) is 0 Å². The van der Waals surface area contributed by atoms with Crippen LogP contribution in [-0.2, 0) is 0 Å². The van der Waals surface area contributed by atoms with Crippen LogP contribution in [0.2, 0.25) is 0 Å². The number of aromatic nitrogens is 2. The van der Waals surface area contributed by atoms with E-state index in [0.717, 1.165) is 22.8 Å². The Morgan fingerprint density at radius 3 is 2.09 bits per heavy atom. The number of nitrogens with one attached hydrogen (secondary N) is 3. The van der Waals surface area contributed by atoms with Crippen molar-refractivity contribution in [3.8, 4) is 5.75 Å². The van der Waals surface area contributed by atoms with E-state index < -0.39 is 0 Å². The van der Waals surface area contributed by atoms with Gasteiger partial charge in [0.1, 0.15) is 17.4 Å². The first kappa shape index (κ1) is 21.8. The summed E-state index contributed by atoms with van der Waals surface area (Å²) in [6.07, 6.45) is 0. The summed E-state index contributed by atoms with van der Waals surface area (Å²) < 4.78 is 18.2. The predicted octanol–water partition coefficient (Wildman–Crippen LogP) is 5.67. The molecule has 3 aromatic carbocycles. The van der Waals surface area contributed by atoms with Crippen LogP contribution in [-0.4, -0.2) is 23.0 Å². The molecule has 0 aliphatic rings. The highest BCUT2D eigenvalue weighted by Gasteiger charge is 2.07. The molecule has 3 N–H and O–H groups in total. The molecule has 0 saturated carbocycles. The molecule has 8 heteroatoms. The Hall–Kier alpha value is -4.46. The molecule has 33 heavy (non-hydrogen) atoms. The van der Waals surface area contributed by atoms with E-state index in [0.29, 0.717) is 23.0 Å². The second-order valence-electron chi connectivity index (χ2n) is 7.24. The number of ether oxygens (including phenoxy) is 1. The third kappa shape index (κ3) is 5.82. The minimum Gasteiger partial charge on any atom is -0.497 e. The van der Waals surface area contributed by atoms with Crippen molar-refractivity contribution in [2.24, 2.45) is 0 Å². The van der Waals surface area contributed by atoms with Crippen LogP contribution in [0.3, 0.4) is 0 Å². The topological polar surface area (TPSA) is 88.2 Å². The SMILES string of the molecule is COc1ccc(Nc2cc(C)nc(Nc3ccc(NC(=O)c4ccc(F)cc4)cc3)n2)cc1. The molecule has 0 atom stereocenters. The number of benzene rings is 3. The number of halogens is 1. The molecule has 0 aliphatic carbocycles. The van der Waals surface area contributed by atoms with Crippen molar-refractivity contribution in [2.75, 3.05) is 23.1 Å². The molecule has 4 rings (SSSR count). The molecule has 0 saturated heterocycles. The zero-order valence-electron chi connectivity index (χ0n) is 18.1. The number of rotatable bonds is 7. The lowest BCUT2D eigenvalue weighted by molar-refractivity contribution is 0.102. The van der Waals surface area contributed by atoms with Crippen LogP contribution in [0.15, 0.2) is 78.9 Å². The average Bonchev–Trinajstić information content (AvgIpc) is 2.81. The van der Waals surface area contributed by atoms with Gasteiger partial charge in [0.15, 0.2) is 0 Å². The lowest BCUT2D eigenvalue weighted by atomic mass is 10.2. The van der Waals surface area contributed by atoms with Crippen LogP contribution in [0.1, 0.15) is 16.1 Å². The first-order chi connectivity index (χ1) is 16.0. The normalized spacial score (nSPS) is 10.4. The van der Waals surface area contributed by atoms with Gasteiger partial charge >= 0.3 is 0 Å². The summed E-state index contributed by atoms with van der Waals surface area (Å²) in [7, 11) is 1.63. The van der Waals surface area contributed by atoms with Crippen molar-refractivity contribution in [3.63, 3.8) is 0 Å². The minimum atomic E-state index is -0.386. The molecule has 1 aromatic heterocycles. The zero-order valence-corrected chi connectivity index (χ0v) is 18.1. The van der Waals surface area contributed by atoms with E-state index in [4.69, 9.17) is 4.74 Å². The minimum absolute atomic E-state index is 0.313. The van der Waals surface area contributed by atoms with E-state index in [9.17, 15) is 9.18 Å². The summed E-state index contributed by atoms with van der Waals surface area (Å²) in [6.45, 7) is 1.89. The van der Waals surface area contributed by atoms with Crippen molar-refractivity contribution < 1.29 is 13.9 Å². The van der Waals surface area contributed by atoms with Crippen LogP contribution in [0.25, 0.3) is 0 Å². The molecule has 0 aliphatic heterocycles. The Morgan fingerprint density at radius 2 is 1.42 bits per heavy atom. The van der Waals surface area contributed by atoms with Gasteiger partial charge in [-0.05, 0) is 79.7 Å². The van der Waals surface area contributed by atoms with Crippen LogP contribution < -0.4 is 20.7 Å². The molecule has 1 heterocycles. The maximum atomic E-state index is 13.0. The maximum absolute atomic E-state index is 13.0. The van der Waals surface area contributed by atoms with Gasteiger partial charge in [0.25, 0.3) is 5.91 Å². The maximum Gasteiger partial charge on any atom is 0.255 e. The number of anilines is 5. The number of nitrogens with zero attached hydrogens (tertiary/aromatic N) is 2.